The number of benzene rings is 2. The molecule has 4 N–H and O–H groups in total. The first kappa shape index (κ1) is 40.1. The number of hydrogen-bond acceptors (Lipinski definition) is 9. The van der Waals surface area contributed by atoms with Gasteiger partial charge in [0.2, 0.25) is 11.8 Å². The number of nitrogens with one attached hydrogen (secondary N) is 4. The standard InChI is InChI=1S/C43H52N8O7/c1-23(2)35(48-42(54)56-6)40(52)50-18-8-10-33(50)38-44-21-31(46-38)27-14-12-26(13-15-27)28-16-17-29(30-20-25(5)58-37(28)30)32-22-45-39(47-32)34-11-9-19-51(34)41(53)36(24(3)4)49-43(55)57-7/h12-17,20-24,33-36H,8-11,18-19H2,1-7H3,(H,44,46)(H,45,47)(H,48,54)(H,49,55)/t33-,34-,35-,36-/m0/s1. The summed E-state index contributed by atoms with van der Waals surface area (Å²) < 4.78 is 15.9. The number of aromatic nitrogens is 4. The van der Waals surface area contributed by atoms with Crippen LogP contribution < -0.4 is 10.6 Å². The van der Waals surface area contributed by atoms with Crippen LogP contribution in [0, 0.1) is 18.8 Å². The van der Waals surface area contributed by atoms with Gasteiger partial charge in [-0.2, -0.15) is 0 Å². The van der Waals surface area contributed by atoms with E-state index in [1.807, 2.05) is 58.9 Å². The average Bonchev–Trinajstić information content (AvgIpc) is 4.06. The molecule has 2 saturated heterocycles. The molecule has 4 amide bonds. The third kappa shape index (κ3) is 7.89. The fourth-order valence-electron chi connectivity index (χ4n) is 8.22. The molecule has 7 rings (SSSR count). The van der Waals surface area contributed by atoms with Gasteiger partial charge in [-0.25, -0.2) is 19.6 Å². The van der Waals surface area contributed by atoms with Crippen molar-refractivity contribution in [2.75, 3.05) is 27.3 Å². The van der Waals surface area contributed by atoms with Gasteiger partial charge in [0.15, 0.2) is 0 Å². The second-order valence-electron chi connectivity index (χ2n) is 15.8. The molecule has 0 bridgehead atoms. The van der Waals surface area contributed by atoms with E-state index in [1.165, 1.54) is 14.2 Å². The minimum atomic E-state index is -0.711. The van der Waals surface area contributed by atoms with Gasteiger partial charge in [0.05, 0.1) is 50.1 Å². The van der Waals surface area contributed by atoms with E-state index in [4.69, 9.17) is 23.9 Å². The predicted octanol–water partition coefficient (Wildman–Crippen LogP) is 7.28. The van der Waals surface area contributed by atoms with Crippen LogP contribution in [0.1, 0.15) is 82.9 Å². The second kappa shape index (κ2) is 16.8. The molecule has 2 aliphatic heterocycles. The van der Waals surface area contributed by atoms with Gasteiger partial charge < -0.3 is 44.3 Å². The molecule has 0 saturated carbocycles. The van der Waals surface area contributed by atoms with E-state index in [9.17, 15) is 19.2 Å². The smallest absolute Gasteiger partial charge is 0.407 e. The zero-order valence-electron chi connectivity index (χ0n) is 34.0. The van der Waals surface area contributed by atoms with E-state index in [2.05, 4.69) is 38.8 Å². The quantitative estimate of drug-likeness (QED) is 0.107. The van der Waals surface area contributed by atoms with Gasteiger partial charge in [0, 0.05) is 29.6 Å². The van der Waals surface area contributed by atoms with Crippen LogP contribution in [0.15, 0.2) is 59.3 Å². The third-order valence-electron chi connectivity index (χ3n) is 11.3. The fourth-order valence-corrected chi connectivity index (χ4v) is 8.22. The van der Waals surface area contributed by atoms with Crippen LogP contribution in [-0.4, -0.2) is 93.1 Å². The number of H-pyrrole nitrogens is 2. The summed E-state index contributed by atoms with van der Waals surface area (Å²) in [4.78, 5) is 71.3. The third-order valence-corrected chi connectivity index (χ3v) is 11.3. The first-order valence-electron chi connectivity index (χ1n) is 19.9. The van der Waals surface area contributed by atoms with Gasteiger partial charge in [0.1, 0.15) is 35.1 Å². The first-order chi connectivity index (χ1) is 27.9. The number of rotatable bonds is 11. The van der Waals surface area contributed by atoms with Crippen molar-refractivity contribution in [1.82, 2.24) is 40.4 Å². The number of hydrogen-bond donors (Lipinski definition) is 4. The minimum absolute atomic E-state index is 0.117. The SMILES string of the molecule is COC(=O)N[C@H](C(=O)N1CCC[C@H]1c1ncc(-c2ccc(-c3ccc(-c4cnc([C@@H]5CCCN5C(=O)[C@@H](NC(=O)OC)C(C)C)[nH]4)c4cc(C)oc34)cc2)[nH]1)C(C)C. The molecular formula is C43H52N8O7. The van der Waals surface area contributed by atoms with Crippen LogP contribution in [0.5, 0.6) is 0 Å². The molecule has 0 radical (unpaired) electrons. The number of likely N-dealkylation sites (tertiary alicyclic amines) is 2. The summed E-state index contributed by atoms with van der Waals surface area (Å²) in [6, 6.07) is 12.4. The number of imidazole rings is 2. The Balaban J connectivity index is 1.09. The molecular weight excluding hydrogens is 741 g/mol. The highest BCUT2D eigenvalue weighted by Crippen LogP contribution is 2.39. The van der Waals surface area contributed by atoms with Gasteiger partial charge in [-0.15, -0.1) is 0 Å². The van der Waals surface area contributed by atoms with Crippen molar-refractivity contribution in [1.29, 1.82) is 0 Å². The van der Waals surface area contributed by atoms with Crippen molar-refractivity contribution in [3.05, 3.63) is 72.3 Å². The molecule has 15 heteroatoms. The molecule has 5 aromatic rings. The zero-order chi connectivity index (χ0) is 41.2. The lowest BCUT2D eigenvalue weighted by Crippen LogP contribution is -2.51. The molecule has 0 spiro atoms. The molecule has 0 aliphatic carbocycles. The Bertz CT molecular complexity index is 2290. The predicted molar refractivity (Wildman–Crippen MR) is 217 cm³/mol. The van der Waals surface area contributed by atoms with Crippen molar-refractivity contribution in [2.45, 2.75) is 84.5 Å². The van der Waals surface area contributed by atoms with Crippen LogP contribution in [0.25, 0.3) is 44.6 Å². The lowest BCUT2D eigenvalue weighted by atomic mass is 9.98. The Morgan fingerprint density at radius 1 is 0.724 bits per heavy atom. The van der Waals surface area contributed by atoms with Crippen LogP contribution in [0.3, 0.4) is 0 Å². The number of aromatic amines is 2. The largest absolute Gasteiger partial charge is 0.461 e. The van der Waals surface area contributed by atoms with Gasteiger partial charge in [-0.3, -0.25) is 9.59 Å². The Labute approximate surface area is 337 Å². The van der Waals surface area contributed by atoms with Crippen LogP contribution in [-0.2, 0) is 19.1 Å². The number of furan rings is 1. The maximum absolute atomic E-state index is 13.7. The normalized spacial score (nSPS) is 17.9. The molecule has 0 unspecified atom stereocenters. The van der Waals surface area contributed by atoms with Gasteiger partial charge >= 0.3 is 12.2 Å². The van der Waals surface area contributed by atoms with E-state index in [-0.39, 0.29) is 35.7 Å². The zero-order valence-corrected chi connectivity index (χ0v) is 34.0. The number of fused-ring (bicyclic) bond motifs is 1. The number of nitrogens with zero attached hydrogens (tertiary/aromatic N) is 4. The van der Waals surface area contributed by atoms with Crippen molar-refractivity contribution in [2.24, 2.45) is 11.8 Å². The van der Waals surface area contributed by atoms with Gasteiger partial charge in [-0.1, -0.05) is 58.0 Å². The molecule has 2 fully saturated rings. The number of alkyl carbamates (subject to hydrolysis) is 2. The molecule has 2 aromatic carbocycles. The summed E-state index contributed by atoms with van der Waals surface area (Å²) >= 11 is 0. The molecule has 15 nitrogen and oxygen atoms in total. The monoisotopic (exact) mass is 792 g/mol. The molecule has 4 atom stereocenters. The van der Waals surface area contributed by atoms with E-state index in [0.717, 1.165) is 76.1 Å². The van der Waals surface area contributed by atoms with Gasteiger partial charge in [0.25, 0.3) is 0 Å². The lowest BCUT2D eigenvalue weighted by Gasteiger charge is -2.30. The highest BCUT2D eigenvalue weighted by molar-refractivity contribution is 6.02. The molecule has 5 heterocycles. The summed E-state index contributed by atoms with van der Waals surface area (Å²) in [6.07, 6.45) is 5.51. The average molecular weight is 793 g/mol. The lowest BCUT2D eigenvalue weighted by molar-refractivity contribution is -0.136. The molecule has 58 heavy (non-hydrogen) atoms. The summed E-state index contributed by atoms with van der Waals surface area (Å²) in [5.74, 6) is 1.62. The number of methoxy groups -OCH3 is 2. The van der Waals surface area contributed by atoms with Crippen molar-refractivity contribution in [3.8, 4) is 33.6 Å². The Hall–Kier alpha value is -6.12. The first-order valence-corrected chi connectivity index (χ1v) is 19.9. The highest BCUT2D eigenvalue weighted by Gasteiger charge is 2.39. The number of ether oxygens (including phenoxy) is 2. The number of carbonyl (C=O) groups excluding carboxylic acids is 4. The number of carbonyl (C=O) groups is 4. The van der Waals surface area contributed by atoms with Crippen LogP contribution >= 0.6 is 0 Å². The van der Waals surface area contributed by atoms with Crippen molar-refractivity contribution < 1.29 is 33.1 Å². The number of aryl methyl sites for hydroxylation is 1. The summed E-state index contributed by atoms with van der Waals surface area (Å²) in [5.41, 5.74) is 6.19. The van der Waals surface area contributed by atoms with E-state index in [0.29, 0.717) is 24.7 Å². The molecule has 2 aliphatic rings. The topological polar surface area (TPSA) is 188 Å². The second-order valence-corrected chi connectivity index (χ2v) is 15.8. The van der Waals surface area contributed by atoms with Crippen LogP contribution in [0.2, 0.25) is 0 Å². The minimum Gasteiger partial charge on any atom is -0.461 e. The van der Waals surface area contributed by atoms with Crippen molar-refractivity contribution in [3.63, 3.8) is 0 Å². The Kier molecular flexibility index (Phi) is 11.6. The maximum Gasteiger partial charge on any atom is 0.407 e. The molecule has 306 valence electrons. The van der Waals surface area contributed by atoms with Gasteiger partial charge in [-0.05, 0) is 67.7 Å². The van der Waals surface area contributed by atoms with E-state index in [1.54, 1.807) is 22.2 Å². The highest BCUT2D eigenvalue weighted by atomic mass is 16.5. The summed E-state index contributed by atoms with van der Waals surface area (Å²) in [6.45, 7) is 10.7. The van der Waals surface area contributed by atoms with Crippen LogP contribution in [0.4, 0.5) is 9.59 Å². The van der Waals surface area contributed by atoms with E-state index >= 15 is 0 Å². The summed E-state index contributed by atoms with van der Waals surface area (Å²) in [7, 11) is 2.57. The fraction of sp³-hybridized carbons (Fsp3) is 0.442. The molecule has 3 aromatic heterocycles. The Morgan fingerprint density at radius 2 is 1.21 bits per heavy atom. The van der Waals surface area contributed by atoms with E-state index < -0.39 is 24.3 Å². The van der Waals surface area contributed by atoms with Crippen molar-refractivity contribution >= 4 is 35.0 Å². The maximum atomic E-state index is 13.7. The Morgan fingerprint density at radius 3 is 1.72 bits per heavy atom. The number of amides is 4. The summed E-state index contributed by atoms with van der Waals surface area (Å²) in [5, 5.41) is 6.34.